The number of phenolic OH excluding ortho intramolecular Hbond substituents is 1. The largest absolute Gasteiger partial charge is 0.504 e. The third-order valence-corrected chi connectivity index (χ3v) is 6.37. The van der Waals surface area contributed by atoms with Gasteiger partial charge in [-0.25, -0.2) is 0 Å². The number of phenols is 1. The first-order chi connectivity index (χ1) is 15.0. The fraction of sp³-hybridized carbons (Fsp3) is 0.261. The second-order valence-corrected chi connectivity index (χ2v) is 7.94. The third-order valence-electron chi connectivity index (χ3n) is 5.42. The quantitative estimate of drug-likeness (QED) is 0.549. The van der Waals surface area contributed by atoms with Crippen LogP contribution in [-0.4, -0.2) is 39.5 Å². The van der Waals surface area contributed by atoms with Crippen LogP contribution in [0.5, 0.6) is 28.7 Å². The smallest absolute Gasteiger partial charge is 0.238 e. The Morgan fingerprint density at radius 3 is 2.10 bits per heavy atom. The molecule has 3 aromatic rings. The van der Waals surface area contributed by atoms with Crippen LogP contribution in [0.4, 0.5) is 5.69 Å². The zero-order chi connectivity index (χ0) is 22.1. The average molecular weight is 442 g/mol. The predicted molar refractivity (Wildman–Crippen MR) is 118 cm³/mol. The summed E-state index contributed by atoms with van der Waals surface area (Å²) in [7, 11) is 6.10. The number of nitrogens with zero attached hydrogens (tertiary/aromatic N) is 1. The van der Waals surface area contributed by atoms with Crippen molar-refractivity contribution < 1.29 is 28.8 Å². The molecule has 1 fully saturated rings. The number of methoxy groups -OCH3 is 4. The van der Waals surface area contributed by atoms with E-state index in [4.69, 9.17) is 18.9 Å². The zero-order valence-electron chi connectivity index (χ0n) is 17.6. The molecule has 1 aliphatic rings. The van der Waals surface area contributed by atoms with Crippen LogP contribution in [-0.2, 0) is 4.79 Å². The van der Waals surface area contributed by atoms with Gasteiger partial charge in [0.25, 0.3) is 0 Å². The molecule has 0 spiro atoms. The summed E-state index contributed by atoms with van der Waals surface area (Å²) in [5.74, 6) is 1.37. The first-order valence-corrected chi connectivity index (χ1v) is 10.4. The van der Waals surface area contributed by atoms with E-state index in [0.717, 1.165) is 10.4 Å². The molecule has 2 aromatic carbocycles. The van der Waals surface area contributed by atoms with Crippen LogP contribution in [0.1, 0.15) is 22.4 Å². The van der Waals surface area contributed by atoms with E-state index < -0.39 is 0 Å². The highest BCUT2D eigenvalue weighted by molar-refractivity contribution is 7.10. The lowest BCUT2D eigenvalue weighted by Crippen LogP contribution is -2.53. The van der Waals surface area contributed by atoms with Crippen molar-refractivity contribution in [2.45, 2.75) is 12.0 Å². The van der Waals surface area contributed by atoms with Gasteiger partial charge in [-0.2, -0.15) is 0 Å². The van der Waals surface area contributed by atoms with E-state index >= 15 is 0 Å². The Morgan fingerprint density at radius 1 is 0.903 bits per heavy atom. The number of hydrogen-bond donors (Lipinski definition) is 1. The van der Waals surface area contributed by atoms with Gasteiger partial charge in [0.2, 0.25) is 11.7 Å². The molecule has 8 heteroatoms. The van der Waals surface area contributed by atoms with Gasteiger partial charge >= 0.3 is 0 Å². The Morgan fingerprint density at radius 2 is 1.58 bits per heavy atom. The lowest BCUT2D eigenvalue weighted by molar-refractivity contribution is -0.126. The molecule has 0 unspecified atom stereocenters. The summed E-state index contributed by atoms with van der Waals surface area (Å²) >= 11 is 1.54. The number of amides is 1. The normalized spacial score (nSPS) is 17.8. The number of carbonyl (C=O) groups is 1. The molecule has 0 bridgehead atoms. The monoisotopic (exact) mass is 441 g/mol. The molecule has 1 aliphatic heterocycles. The highest BCUT2D eigenvalue weighted by Crippen LogP contribution is 2.53. The number of rotatable bonds is 7. The summed E-state index contributed by atoms with van der Waals surface area (Å²) < 4.78 is 21.5. The summed E-state index contributed by atoms with van der Waals surface area (Å²) in [5, 5.41) is 12.3. The standard InChI is InChI=1S/C23H23NO6S/c1-27-16-8-7-13(10-15(16)25)21-20(19-6-5-9-31-19)23(26)24(21)14-11-17(28-2)22(30-4)18(12-14)29-3/h5-12,20-21,25H,1-4H3/t20-,21-/m0/s1. The first kappa shape index (κ1) is 20.9. The molecule has 1 saturated heterocycles. The summed E-state index contributed by atoms with van der Waals surface area (Å²) in [6, 6.07) is 12.3. The maximum Gasteiger partial charge on any atom is 0.238 e. The van der Waals surface area contributed by atoms with E-state index in [1.165, 1.54) is 39.8 Å². The van der Waals surface area contributed by atoms with E-state index in [1.54, 1.807) is 29.2 Å². The van der Waals surface area contributed by atoms with Crippen LogP contribution in [0.3, 0.4) is 0 Å². The number of ether oxygens (including phenoxy) is 4. The summed E-state index contributed by atoms with van der Waals surface area (Å²) in [4.78, 5) is 16.0. The fourth-order valence-electron chi connectivity index (χ4n) is 3.96. The Labute approximate surface area is 184 Å². The second-order valence-electron chi connectivity index (χ2n) is 6.96. The minimum absolute atomic E-state index is 0.0223. The van der Waals surface area contributed by atoms with Gasteiger partial charge in [-0.1, -0.05) is 12.1 Å². The van der Waals surface area contributed by atoms with Crippen LogP contribution < -0.4 is 23.8 Å². The number of benzene rings is 2. The van der Waals surface area contributed by atoms with E-state index in [-0.39, 0.29) is 23.6 Å². The van der Waals surface area contributed by atoms with E-state index in [2.05, 4.69) is 0 Å². The highest BCUT2D eigenvalue weighted by Gasteiger charge is 2.50. The van der Waals surface area contributed by atoms with Gasteiger partial charge in [0, 0.05) is 17.0 Å². The van der Waals surface area contributed by atoms with Gasteiger partial charge < -0.3 is 29.0 Å². The zero-order valence-corrected chi connectivity index (χ0v) is 18.4. The van der Waals surface area contributed by atoms with Gasteiger partial charge in [0.05, 0.1) is 46.1 Å². The first-order valence-electron chi connectivity index (χ1n) is 9.57. The van der Waals surface area contributed by atoms with Crippen molar-refractivity contribution in [1.29, 1.82) is 0 Å². The van der Waals surface area contributed by atoms with Crippen LogP contribution in [0.2, 0.25) is 0 Å². The minimum atomic E-state index is -0.355. The van der Waals surface area contributed by atoms with Gasteiger partial charge in [0.15, 0.2) is 23.0 Å². The summed E-state index contributed by atoms with van der Waals surface area (Å²) in [6.45, 7) is 0. The maximum atomic E-state index is 13.3. The Kier molecular flexibility index (Phi) is 5.65. The average Bonchev–Trinajstić information content (AvgIpc) is 3.30. The molecular formula is C23H23NO6S. The molecule has 1 aromatic heterocycles. The Balaban J connectivity index is 1.83. The number of hydrogen-bond acceptors (Lipinski definition) is 7. The number of β-lactam (4-membered cyclic amide) rings is 1. The van der Waals surface area contributed by atoms with Gasteiger partial charge in [-0.3, -0.25) is 4.79 Å². The van der Waals surface area contributed by atoms with Gasteiger partial charge in [-0.15, -0.1) is 11.3 Å². The topological polar surface area (TPSA) is 77.5 Å². The molecule has 2 heterocycles. The maximum absolute atomic E-state index is 13.3. The van der Waals surface area contributed by atoms with Crippen molar-refractivity contribution in [3.05, 3.63) is 58.3 Å². The van der Waals surface area contributed by atoms with Crippen LogP contribution in [0, 0.1) is 0 Å². The summed E-state index contributed by atoms with van der Waals surface area (Å²) in [5.41, 5.74) is 1.41. The number of anilines is 1. The molecule has 0 radical (unpaired) electrons. The lowest BCUT2D eigenvalue weighted by atomic mass is 9.80. The molecule has 2 atom stereocenters. The second kappa shape index (κ2) is 8.39. The fourth-order valence-corrected chi connectivity index (χ4v) is 4.81. The third kappa shape index (κ3) is 3.42. The minimum Gasteiger partial charge on any atom is -0.504 e. The summed E-state index contributed by atoms with van der Waals surface area (Å²) in [6.07, 6.45) is 0. The van der Waals surface area contributed by atoms with Gasteiger partial charge in [0.1, 0.15) is 0 Å². The van der Waals surface area contributed by atoms with Gasteiger partial charge in [-0.05, 0) is 29.1 Å². The lowest BCUT2D eigenvalue weighted by Gasteiger charge is -2.47. The van der Waals surface area contributed by atoms with Crippen molar-refractivity contribution >= 4 is 22.9 Å². The molecule has 0 aliphatic carbocycles. The predicted octanol–water partition coefficient (Wildman–Crippen LogP) is 4.36. The molecule has 31 heavy (non-hydrogen) atoms. The Bertz CT molecular complexity index is 1070. The highest BCUT2D eigenvalue weighted by atomic mass is 32.1. The van der Waals surface area contributed by atoms with E-state index in [9.17, 15) is 9.90 Å². The number of aromatic hydroxyl groups is 1. The van der Waals surface area contributed by atoms with Crippen LogP contribution in [0.15, 0.2) is 47.8 Å². The van der Waals surface area contributed by atoms with Crippen molar-refractivity contribution in [3.63, 3.8) is 0 Å². The van der Waals surface area contributed by atoms with E-state index in [1.807, 2.05) is 23.6 Å². The number of carbonyl (C=O) groups excluding carboxylic acids is 1. The van der Waals surface area contributed by atoms with Crippen molar-refractivity contribution in [1.82, 2.24) is 0 Å². The van der Waals surface area contributed by atoms with Crippen molar-refractivity contribution in [2.24, 2.45) is 0 Å². The molecule has 1 N–H and O–H groups in total. The van der Waals surface area contributed by atoms with Crippen LogP contribution in [0.25, 0.3) is 0 Å². The molecule has 162 valence electrons. The molecule has 0 saturated carbocycles. The van der Waals surface area contributed by atoms with Crippen molar-refractivity contribution in [3.8, 4) is 28.7 Å². The Hall–Kier alpha value is -3.39. The SMILES string of the molecule is COc1ccc([C@H]2[C@H](c3cccs3)C(=O)N2c2cc(OC)c(OC)c(OC)c2)cc1O. The molecule has 1 amide bonds. The molecular weight excluding hydrogens is 418 g/mol. The van der Waals surface area contributed by atoms with Crippen LogP contribution >= 0.6 is 11.3 Å². The van der Waals surface area contributed by atoms with E-state index in [0.29, 0.717) is 28.7 Å². The van der Waals surface area contributed by atoms with Crippen molar-refractivity contribution in [2.75, 3.05) is 33.3 Å². The number of thiophene rings is 1. The molecule has 7 nitrogen and oxygen atoms in total. The molecule has 4 rings (SSSR count).